The zero-order chi connectivity index (χ0) is 12.5. The predicted molar refractivity (Wildman–Crippen MR) is 71.4 cm³/mol. The summed E-state index contributed by atoms with van der Waals surface area (Å²) in [4.78, 5) is 12.6. The molecule has 0 fully saturated rings. The minimum Gasteiger partial charge on any atom is -0.289 e. The van der Waals surface area contributed by atoms with Crippen molar-refractivity contribution in [3.63, 3.8) is 0 Å². The molecule has 0 radical (unpaired) electrons. The Morgan fingerprint density at radius 3 is 2.41 bits per heavy atom. The lowest BCUT2D eigenvalue weighted by Crippen LogP contribution is -2.23. The Bertz CT molecular complexity index is 466. The fourth-order valence-electron chi connectivity index (χ4n) is 1.77. The smallest absolute Gasteiger partial charge is 0.222 e. The van der Waals surface area contributed by atoms with E-state index in [1.807, 2.05) is 0 Å². The van der Waals surface area contributed by atoms with Crippen LogP contribution < -0.4 is 0 Å². The molecule has 0 amide bonds. The maximum Gasteiger partial charge on any atom is 0.222 e. The van der Waals surface area contributed by atoms with Gasteiger partial charge >= 0.3 is 0 Å². The average molecular weight is 250 g/mol. The molecule has 2 rings (SSSR count). The number of aliphatic imine (C=N–C) groups is 1. The van der Waals surface area contributed by atoms with Gasteiger partial charge in [-0.2, -0.15) is 0 Å². The summed E-state index contributed by atoms with van der Waals surface area (Å²) in [6.45, 7) is 7.30. The molecule has 1 aromatic rings. The Morgan fingerprint density at radius 1 is 1.18 bits per heavy atom. The first-order valence-corrected chi connectivity index (χ1v) is 6.05. The molecule has 0 unspecified atom stereocenters. The van der Waals surface area contributed by atoms with E-state index in [1.54, 1.807) is 12.4 Å². The van der Waals surface area contributed by atoms with E-state index in [0.717, 1.165) is 18.5 Å². The summed E-state index contributed by atoms with van der Waals surface area (Å²) in [6, 6.07) is 0. The van der Waals surface area contributed by atoms with E-state index in [1.165, 1.54) is 11.3 Å². The van der Waals surface area contributed by atoms with Crippen molar-refractivity contribution in [3.8, 4) is 0 Å². The number of rotatable bonds is 1. The van der Waals surface area contributed by atoms with Crippen molar-refractivity contribution < 1.29 is 0 Å². The Balaban J connectivity index is 2.20. The highest BCUT2D eigenvalue weighted by Gasteiger charge is 2.22. The van der Waals surface area contributed by atoms with Gasteiger partial charge < -0.3 is 0 Å². The number of aromatic nitrogens is 2. The molecule has 3 nitrogen and oxygen atoms in total. The molecule has 4 heteroatoms. The second-order valence-electron chi connectivity index (χ2n) is 5.18. The maximum atomic E-state index is 5.69. The van der Waals surface area contributed by atoms with Crippen LogP contribution in [0.1, 0.15) is 32.8 Å². The van der Waals surface area contributed by atoms with Crippen LogP contribution in [0, 0.1) is 5.41 Å². The molecule has 0 saturated carbocycles. The first-order chi connectivity index (χ1) is 7.97. The predicted octanol–water partition coefficient (Wildman–Crippen LogP) is 3.40. The second kappa shape index (κ2) is 4.57. The average Bonchev–Trinajstić information content (AvgIpc) is 2.29. The van der Waals surface area contributed by atoms with Gasteiger partial charge in [-0.05, 0) is 17.2 Å². The minimum atomic E-state index is 0.118. The molecule has 0 N–H and O–H groups in total. The Kier molecular flexibility index (Phi) is 3.29. The zero-order valence-electron chi connectivity index (χ0n) is 10.4. The van der Waals surface area contributed by atoms with Gasteiger partial charge in [0, 0.05) is 35.5 Å². The third kappa shape index (κ3) is 2.91. The maximum absolute atomic E-state index is 5.69. The Labute approximate surface area is 107 Å². The summed E-state index contributed by atoms with van der Waals surface area (Å²) < 4.78 is 0. The second-order valence-corrected chi connectivity index (χ2v) is 5.52. The quantitative estimate of drug-likeness (QED) is 0.716. The molecular weight excluding hydrogens is 234 g/mol. The topological polar surface area (TPSA) is 38.1 Å². The fraction of sp³-hybridized carbons (Fsp3) is 0.462. The van der Waals surface area contributed by atoms with Gasteiger partial charge in [-0.25, -0.2) is 9.97 Å². The Hall–Kier alpha value is -1.22. The summed E-state index contributed by atoms with van der Waals surface area (Å²) in [5.41, 5.74) is 3.62. The molecule has 0 atom stereocenters. The molecule has 0 aliphatic carbocycles. The van der Waals surface area contributed by atoms with Crippen LogP contribution in [0.15, 0.2) is 23.5 Å². The van der Waals surface area contributed by atoms with E-state index >= 15 is 0 Å². The van der Waals surface area contributed by atoms with Gasteiger partial charge in [-0.15, -0.1) is 0 Å². The lowest BCUT2D eigenvalue weighted by atomic mass is 9.84. The number of hydrogen-bond acceptors (Lipinski definition) is 3. The van der Waals surface area contributed by atoms with E-state index in [4.69, 9.17) is 11.6 Å². The third-order valence-corrected chi connectivity index (χ3v) is 3.03. The van der Waals surface area contributed by atoms with Gasteiger partial charge in [0.1, 0.15) is 0 Å². The summed E-state index contributed by atoms with van der Waals surface area (Å²) >= 11 is 5.69. The number of nitrogens with zero attached hydrogens (tertiary/aromatic N) is 3. The van der Waals surface area contributed by atoms with Crippen LogP contribution in [0.25, 0.3) is 5.57 Å². The molecule has 17 heavy (non-hydrogen) atoms. The van der Waals surface area contributed by atoms with Gasteiger partial charge in [-0.3, -0.25) is 4.99 Å². The van der Waals surface area contributed by atoms with Crippen LogP contribution in [0.2, 0.25) is 5.28 Å². The lowest BCUT2D eigenvalue weighted by Gasteiger charge is -2.25. The SMILES string of the molecule is CC(C)(C)C1=NCC=C(c2cnc(Cl)nc2)C1. The van der Waals surface area contributed by atoms with Crippen molar-refractivity contribution in [3.05, 3.63) is 29.3 Å². The summed E-state index contributed by atoms with van der Waals surface area (Å²) in [5, 5.41) is 0.287. The molecule has 90 valence electrons. The molecule has 0 saturated heterocycles. The van der Waals surface area contributed by atoms with Gasteiger partial charge in [0.2, 0.25) is 5.28 Å². The molecule has 0 bridgehead atoms. The van der Waals surface area contributed by atoms with Crippen molar-refractivity contribution >= 4 is 22.9 Å². The standard InChI is InChI=1S/C13H16ClN3/c1-13(2,3)11-6-9(4-5-15-11)10-7-16-12(14)17-8-10/h4,7-8H,5-6H2,1-3H3. The Morgan fingerprint density at radius 2 is 1.82 bits per heavy atom. The van der Waals surface area contributed by atoms with Crippen molar-refractivity contribution in [2.45, 2.75) is 27.2 Å². The number of halogens is 1. The molecular formula is C13H16ClN3. The summed E-state index contributed by atoms with van der Waals surface area (Å²) in [7, 11) is 0. The van der Waals surface area contributed by atoms with Crippen LogP contribution in [-0.4, -0.2) is 22.2 Å². The number of hydrogen-bond donors (Lipinski definition) is 0. The third-order valence-electron chi connectivity index (χ3n) is 2.83. The zero-order valence-corrected chi connectivity index (χ0v) is 11.1. The van der Waals surface area contributed by atoms with E-state index in [-0.39, 0.29) is 10.7 Å². The van der Waals surface area contributed by atoms with E-state index in [9.17, 15) is 0 Å². The van der Waals surface area contributed by atoms with Crippen LogP contribution in [0.4, 0.5) is 0 Å². The van der Waals surface area contributed by atoms with Gasteiger partial charge in [-0.1, -0.05) is 26.8 Å². The largest absolute Gasteiger partial charge is 0.289 e. The normalized spacial score (nSPS) is 16.5. The summed E-state index contributed by atoms with van der Waals surface area (Å²) in [6.07, 6.45) is 6.54. The highest BCUT2D eigenvalue weighted by atomic mass is 35.5. The van der Waals surface area contributed by atoms with Gasteiger partial charge in [0.05, 0.1) is 6.54 Å². The van der Waals surface area contributed by atoms with Gasteiger partial charge in [0.25, 0.3) is 0 Å². The molecule has 0 aromatic carbocycles. The molecule has 2 heterocycles. The van der Waals surface area contributed by atoms with E-state index in [2.05, 4.69) is 41.8 Å². The number of dihydropyridines is 1. The first-order valence-electron chi connectivity index (χ1n) is 5.67. The van der Waals surface area contributed by atoms with Crippen LogP contribution in [-0.2, 0) is 0 Å². The van der Waals surface area contributed by atoms with Crippen molar-refractivity contribution in [1.29, 1.82) is 0 Å². The first kappa shape index (κ1) is 12.2. The number of allylic oxidation sites excluding steroid dienone is 1. The van der Waals surface area contributed by atoms with Crippen molar-refractivity contribution in [2.24, 2.45) is 10.4 Å². The van der Waals surface area contributed by atoms with E-state index < -0.39 is 0 Å². The molecule has 1 aromatic heterocycles. The minimum absolute atomic E-state index is 0.118. The highest BCUT2D eigenvalue weighted by molar-refractivity contribution is 6.28. The van der Waals surface area contributed by atoms with E-state index in [0.29, 0.717) is 0 Å². The van der Waals surface area contributed by atoms with Gasteiger partial charge in [0.15, 0.2) is 0 Å². The van der Waals surface area contributed by atoms with Crippen LogP contribution in [0.3, 0.4) is 0 Å². The highest BCUT2D eigenvalue weighted by Crippen LogP contribution is 2.28. The molecule has 0 spiro atoms. The molecule has 1 aliphatic rings. The lowest BCUT2D eigenvalue weighted by molar-refractivity contribution is 0.580. The summed E-state index contributed by atoms with van der Waals surface area (Å²) in [5.74, 6) is 0. The van der Waals surface area contributed by atoms with Crippen LogP contribution >= 0.6 is 11.6 Å². The monoisotopic (exact) mass is 249 g/mol. The van der Waals surface area contributed by atoms with Crippen molar-refractivity contribution in [1.82, 2.24) is 9.97 Å². The van der Waals surface area contributed by atoms with Crippen molar-refractivity contribution in [2.75, 3.05) is 6.54 Å². The fourth-order valence-corrected chi connectivity index (χ4v) is 1.87. The van der Waals surface area contributed by atoms with Crippen LogP contribution in [0.5, 0.6) is 0 Å². The molecule has 1 aliphatic heterocycles.